The summed E-state index contributed by atoms with van der Waals surface area (Å²) in [5.74, 6) is -2.08. The first-order valence-electron chi connectivity index (χ1n) is 16.8. The van der Waals surface area contributed by atoms with E-state index >= 15 is 0 Å². The highest BCUT2D eigenvalue weighted by atomic mass is 19.4. The number of rotatable bonds is 15. The lowest BCUT2D eigenvalue weighted by atomic mass is 9.97. The highest BCUT2D eigenvalue weighted by Gasteiger charge is 2.53. The standard InChI is InChI=1S/C40H42F3NO7/c1-28(2)23-34(45)50-35-33(27-46-24-29-15-7-3-8-16-29)49-38(51-39(40(41,42)43)44-32-21-13-6-14-22-32)37(48-26-31-19-11-5-12-20-31)36(35)47-25-30-17-9-4-10-18-30/h3-22,28,33,35-38H,23-27H2,1-2H3/t33-,35-,36+,37+,38?/m1/s1. The molecule has 1 heterocycles. The van der Waals surface area contributed by atoms with E-state index in [0.29, 0.717) is 0 Å². The fraction of sp³-hybridized carbons (Fsp3) is 0.350. The van der Waals surface area contributed by atoms with Crippen molar-refractivity contribution in [1.29, 1.82) is 0 Å². The average molecular weight is 706 g/mol. The number of hydrogen-bond donors (Lipinski definition) is 0. The van der Waals surface area contributed by atoms with Crippen LogP contribution >= 0.6 is 0 Å². The Hall–Kier alpha value is -4.55. The lowest BCUT2D eigenvalue weighted by Gasteiger charge is -2.45. The average Bonchev–Trinajstić information content (AvgIpc) is 3.12. The normalized spacial score (nSPS) is 21.0. The van der Waals surface area contributed by atoms with Crippen LogP contribution in [0.1, 0.15) is 37.0 Å². The van der Waals surface area contributed by atoms with Gasteiger partial charge in [0, 0.05) is 6.42 Å². The summed E-state index contributed by atoms with van der Waals surface area (Å²) < 4.78 is 80.6. The van der Waals surface area contributed by atoms with Crippen LogP contribution in [-0.4, -0.2) is 55.4 Å². The van der Waals surface area contributed by atoms with Gasteiger partial charge in [-0.15, -0.1) is 0 Å². The zero-order valence-corrected chi connectivity index (χ0v) is 28.5. The SMILES string of the molecule is CC(C)CC(=O)O[C@H]1[C@H](OCc2ccccc2)[C@H](OCc2ccccc2)C(OC(=Nc2ccccc2)C(F)(F)F)O[C@@H]1COCc1ccccc1. The number of nitrogens with zero attached hydrogens (tertiary/aromatic N) is 1. The summed E-state index contributed by atoms with van der Waals surface area (Å²) in [7, 11) is 0. The number of esters is 1. The van der Waals surface area contributed by atoms with Crippen molar-refractivity contribution in [2.45, 2.75) is 77.0 Å². The van der Waals surface area contributed by atoms with Crippen molar-refractivity contribution in [2.75, 3.05) is 6.61 Å². The van der Waals surface area contributed by atoms with Gasteiger partial charge in [-0.3, -0.25) is 4.79 Å². The van der Waals surface area contributed by atoms with Crippen LogP contribution in [0.3, 0.4) is 0 Å². The van der Waals surface area contributed by atoms with Crippen LogP contribution in [0.25, 0.3) is 0 Å². The fourth-order valence-corrected chi connectivity index (χ4v) is 5.44. The molecule has 0 spiro atoms. The van der Waals surface area contributed by atoms with E-state index in [-0.39, 0.29) is 44.5 Å². The summed E-state index contributed by atoms with van der Waals surface area (Å²) in [5.41, 5.74) is 2.43. The quantitative estimate of drug-likeness (QED) is 0.0698. The van der Waals surface area contributed by atoms with Crippen LogP contribution in [-0.2, 0) is 53.0 Å². The summed E-state index contributed by atoms with van der Waals surface area (Å²) in [5, 5.41) is 0. The highest BCUT2D eigenvalue weighted by Crippen LogP contribution is 2.34. The molecule has 4 aromatic rings. The number of ether oxygens (including phenoxy) is 6. The number of benzene rings is 4. The Balaban J connectivity index is 1.53. The number of aliphatic imine (C=N–C) groups is 1. The van der Waals surface area contributed by atoms with Gasteiger partial charge in [0.1, 0.15) is 18.3 Å². The molecule has 0 amide bonds. The van der Waals surface area contributed by atoms with Gasteiger partial charge in [-0.1, -0.05) is 123 Å². The molecule has 51 heavy (non-hydrogen) atoms. The highest BCUT2D eigenvalue weighted by molar-refractivity contribution is 5.84. The molecule has 0 aliphatic carbocycles. The monoisotopic (exact) mass is 705 g/mol. The molecular weight excluding hydrogens is 663 g/mol. The van der Waals surface area contributed by atoms with Gasteiger partial charge in [0.25, 0.3) is 5.90 Å². The summed E-state index contributed by atoms with van der Waals surface area (Å²) in [6.45, 7) is 3.77. The molecular formula is C40H42F3NO7. The smallest absolute Gasteiger partial charge is 0.457 e. The van der Waals surface area contributed by atoms with Crippen molar-refractivity contribution in [3.05, 3.63) is 138 Å². The van der Waals surface area contributed by atoms with Crippen molar-refractivity contribution >= 4 is 17.6 Å². The van der Waals surface area contributed by atoms with Gasteiger partial charge in [0.05, 0.1) is 32.1 Å². The maximum atomic E-state index is 14.6. The Labute approximate surface area is 296 Å². The van der Waals surface area contributed by atoms with Gasteiger partial charge in [0.2, 0.25) is 6.29 Å². The molecule has 0 N–H and O–H groups in total. The maximum absolute atomic E-state index is 14.6. The molecule has 0 saturated carbocycles. The van der Waals surface area contributed by atoms with Crippen molar-refractivity contribution in [3.8, 4) is 0 Å². The first-order chi connectivity index (χ1) is 24.7. The summed E-state index contributed by atoms with van der Waals surface area (Å²) in [4.78, 5) is 17.0. The minimum atomic E-state index is -5.00. The van der Waals surface area contributed by atoms with Crippen molar-refractivity contribution < 1.29 is 46.4 Å². The van der Waals surface area contributed by atoms with Crippen LogP contribution in [0, 0.1) is 5.92 Å². The first kappa shape index (κ1) is 37.7. The summed E-state index contributed by atoms with van der Waals surface area (Å²) >= 11 is 0. The van der Waals surface area contributed by atoms with E-state index in [9.17, 15) is 18.0 Å². The Bertz CT molecular complexity index is 1640. The van der Waals surface area contributed by atoms with E-state index < -0.39 is 48.7 Å². The number of carbonyl (C=O) groups excluding carboxylic acids is 1. The van der Waals surface area contributed by atoms with Crippen molar-refractivity contribution in [1.82, 2.24) is 0 Å². The minimum Gasteiger partial charge on any atom is -0.457 e. The largest absolute Gasteiger partial charge is 0.468 e. The van der Waals surface area contributed by atoms with Crippen LogP contribution in [0.2, 0.25) is 0 Å². The van der Waals surface area contributed by atoms with E-state index in [1.165, 1.54) is 12.1 Å². The van der Waals surface area contributed by atoms with E-state index in [1.54, 1.807) is 18.2 Å². The molecule has 8 nitrogen and oxygen atoms in total. The predicted molar refractivity (Wildman–Crippen MR) is 185 cm³/mol. The molecule has 0 radical (unpaired) electrons. The van der Waals surface area contributed by atoms with E-state index in [0.717, 1.165) is 16.7 Å². The number of para-hydroxylation sites is 1. The molecule has 5 atom stereocenters. The zero-order valence-electron chi connectivity index (χ0n) is 28.5. The van der Waals surface area contributed by atoms with E-state index in [4.69, 9.17) is 28.4 Å². The topological polar surface area (TPSA) is 84.8 Å². The number of alkyl halides is 3. The maximum Gasteiger partial charge on any atom is 0.468 e. The molecule has 5 rings (SSSR count). The number of halogens is 3. The number of hydrogen-bond acceptors (Lipinski definition) is 8. The molecule has 1 aliphatic rings. The molecule has 0 bridgehead atoms. The van der Waals surface area contributed by atoms with E-state index in [2.05, 4.69) is 4.99 Å². The number of carbonyl (C=O) groups is 1. The Morgan fingerprint density at radius 1 is 0.686 bits per heavy atom. The second-order valence-electron chi connectivity index (χ2n) is 12.5. The molecule has 0 aromatic heterocycles. The first-order valence-corrected chi connectivity index (χ1v) is 16.8. The van der Waals surface area contributed by atoms with Gasteiger partial charge in [-0.05, 0) is 34.7 Å². The molecule has 1 aliphatic heterocycles. The third kappa shape index (κ3) is 11.8. The molecule has 270 valence electrons. The summed E-state index contributed by atoms with van der Waals surface area (Å²) in [6, 6.07) is 35.4. The third-order valence-electron chi connectivity index (χ3n) is 7.85. The molecule has 11 heteroatoms. The second-order valence-corrected chi connectivity index (χ2v) is 12.5. The van der Waals surface area contributed by atoms with Crippen molar-refractivity contribution in [3.63, 3.8) is 0 Å². The summed E-state index contributed by atoms with van der Waals surface area (Å²) in [6.07, 6.45) is -11.3. The van der Waals surface area contributed by atoms with E-state index in [1.807, 2.05) is 105 Å². The van der Waals surface area contributed by atoms with Gasteiger partial charge < -0.3 is 28.4 Å². The second kappa shape index (κ2) is 18.6. The van der Waals surface area contributed by atoms with Gasteiger partial charge >= 0.3 is 12.1 Å². The van der Waals surface area contributed by atoms with Gasteiger partial charge in [0.15, 0.2) is 6.10 Å². The van der Waals surface area contributed by atoms with Crippen LogP contribution in [0.5, 0.6) is 0 Å². The predicted octanol–water partition coefficient (Wildman–Crippen LogP) is 8.37. The lowest BCUT2D eigenvalue weighted by Crippen LogP contribution is -2.62. The van der Waals surface area contributed by atoms with Crippen LogP contribution in [0.4, 0.5) is 18.9 Å². The molecule has 4 aromatic carbocycles. The molecule has 1 saturated heterocycles. The van der Waals surface area contributed by atoms with Crippen LogP contribution in [0.15, 0.2) is 126 Å². The fourth-order valence-electron chi connectivity index (χ4n) is 5.44. The minimum absolute atomic E-state index is 0.0248. The third-order valence-corrected chi connectivity index (χ3v) is 7.85. The van der Waals surface area contributed by atoms with Crippen molar-refractivity contribution in [2.24, 2.45) is 10.9 Å². The molecule has 1 unspecified atom stereocenters. The molecule has 1 fully saturated rings. The van der Waals surface area contributed by atoms with Crippen LogP contribution < -0.4 is 0 Å². The Morgan fingerprint density at radius 2 is 1.18 bits per heavy atom. The Kier molecular flexibility index (Phi) is 13.8. The lowest BCUT2D eigenvalue weighted by molar-refractivity contribution is -0.310. The Morgan fingerprint density at radius 3 is 1.69 bits per heavy atom. The van der Waals surface area contributed by atoms with Gasteiger partial charge in [-0.2, -0.15) is 13.2 Å². The van der Waals surface area contributed by atoms with Gasteiger partial charge in [-0.25, -0.2) is 4.99 Å². The zero-order chi connectivity index (χ0) is 36.1.